The van der Waals surface area contributed by atoms with E-state index in [1.165, 1.54) is 17.8 Å². The van der Waals surface area contributed by atoms with Gasteiger partial charge in [0.05, 0.1) is 11.1 Å². The predicted octanol–water partition coefficient (Wildman–Crippen LogP) is 2.19. The Kier molecular flexibility index (Phi) is 3.74. The van der Waals surface area contributed by atoms with Crippen LogP contribution in [-0.4, -0.2) is 27.9 Å². The lowest BCUT2D eigenvalue weighted by atomic mass is 10.1. The van der Waals surface area contributed by atoms with Gasteiger partial charge in [-0.1, -0.05) is 13.0 Å². The van der Waals surface area contributed by atoms with Gasteiger partial charge in [0.1, 0.15) is 0 Å². The van der Waals surface area contributed by atoms with Crippen molar-refractivity contribution in [3.8, 4) is 0 Å². The van der Waals surface area contributed by atoms with Crippen molar-refractivity contribution in [1.82, 2.24) is 0 Å². The SMILES string of the molecule is CCSc1cccc(C(=O)O)c1C(=O)O. The summed E-state index contributed by atoms with van der Waals surface area (Å²) in [6.45, 7) is 1.88. The predicted molar refractivity (Wildman–Crippen MR) is 56.8 cm³/mol. The summed E-state index contributed by atoms with van der Waals surface area (Å²) in [5.41, 5.74) is -0.294. The molecule has 1 rings (SSSR count). The molecule has 0 atom stereocenters. The molecule has 5 heteroatoms. The second kappa shape index (κ2) is 4.84. The van der Waals surface area contributed by atoms with E-state index in [4.69, 9.17) is 10.2 Å². The first-order valence-corrected chi connectivity index (χ1v) is 5.28. The lowest BCUT2D eigenvalue weighted by Gasteiger charge is -2.06. The van der Waals surface area contributed by atoms with Gasteiger partial charge in [-0.05, 0) is 17.9 Å². The topological polar surface area (TPSA) is 74.6 Å². The number of aromatic carboxylic acids is 2. The zero-order valence-corrected chi connectivity index (χ0v) is 8.87. The third kappa shape index (κ3) is 2.50. The van der Waals surface area contributed by atoms with Crippen LogP contribution in [0.4, 0.5) is 0 Å². The Morgan fingerprint density at radius 1 is 1.27 bits per heavy atom. The highest BCUT2D eigenvalue weighted by molar-refractivity contribution is 7.99. The standard InChI is InChI=1S/C10H10O4S/c1-2-15-7-5-3-4-6(9(11)12)8(7)10(13)14/h3-5H,2H2,1H3,(H,11,12)(H,13,14). The Morgan fingerprint density at radius 2 is 1.93 bits per heavy atom. The van der Waals surface area contributed by atoms with E-state index in [0.717, 1.165) is 0 Å². The van der Waals surface area contributed by atoms with E-state index in [0.29, 0.717) is 10.6 Å². The van der Waals surface area contributed by atoms with Crippen molar-refractivity contribution >= 4 is 23.7 Å². The fourth-order valence-electron chi connectivity index (χ4n) is 1.21. The summed E-state index contributed by atoms with van der Waals surface area (Å²) >= 11 is 1.32. The van der Waals surface area contributed by atoms with Crippen molar-refractivity contribution in [1.29, 1.82) is 0 Å². The van der Waals surface area contributed by atoms with Crippen LogP contribution >= 0.6 is 11.8 Å². The Labute approximate surface area is 90.9 Å². The minimum absolute atomic E-state index is 0.128. The lowest BCUT2D eigenvalue weighted by molar-refractivity contribution is 0.0648. The molecule has 0 aromatic heterocycles. The normalized spacial score (nSPS) is 9.93. The number of rotatable bonds is 4. The number of carbonyl (C=O) groups is 2. The van der Waals surface area contributed by atoms with E-state index in [1.807, 2.05) is 6.92 Å². The molecule has 0 saturated heterocycles. The average molecular weight is 226 g/mol. The molecule has 2 N–H and O–H groups in total. The quantitative estimate of drug-likeness (QED) is 0.770. The van der Waals surface area contributed by atoms with Crippen LogP contribution in [0.25, 0.3) is 0 Å². The molecule has 0 heterocycles. The number of hydrogen-bond acceptors (Lipinski definition) is 3. The van der Waals surface area contributed by atoms with Crippen molar-refractivity contribution in [3.63, 3.8) is 0 Å². The summed E-state index contributed by atoms with van der Waals surface area (Å²) in [4.78, 5) is 22.2. The van der Waals surface area contributed by atoms with Crippen molar-refractivity contribution < 1.29 is 19.8 Å². The van der Waals surface area contributed by atoms with Gasteiger partial charge < -0.3 is 10.2 Å². The van der Waals surface area contributed by atoms with Gasteiger partial charge in [0.15, 0.2) is 0 Å². The number of thioether (sulfide) groups is 1. The molecule has 0 spiro atoms. The van der Waals surface area contributed by atoms with Gasteiger partial charge in [0.25, 0.3) is 0 Å². The van der Waals surface area contributed by atoms with Gasteiger partial charge in [0, 0.05) is 4.90 Å². The minimum atomic E-state index is -1.22. The molecule has 0 saturated carbocycles. The molecule has 0 amide bonds. The monoisotopic (exact) mass is 226 g/mol. The highest BCUT2D eigenvalue weighted by Gasteiger charge is 2.19. The Bertz CT molecular complexity index is 400. The fraction of sp³-hybridized carbons (Fsp3) is 0.200. The molecule has 80 valence electrons. The summed E-state index contributed by atoms with van der Waals surface area (Å²) in [6, 6.07) is 4.46. The first-order valence-electron chi connectivity index (χ1n) is 4.30. The third-order valence-electron chi connectivity index (χ3n) is 1.77. The van der Waals surface area contributed by atoms with Crippen LogP contribution in [0, 0.1) is 0 Å². The molecule has 0 bridgehead atoms. The van der Waals surface area contributed by atoms with Crippen LogP contribution in [-0.2, 0) is 0 Å². The van der Waals surface area contributed by atoms with Gasteiger partial charge in [-0.3, -0.25) is 0 Å². The molecule has 0 fully saturated rings. The fourth-order valence-corrected chi connectivity index (χ4v) is 2.03. The van der Waals surface area contributed by atoms with E-state index in [9.17, 15) is 9.59 Å². The highest BCUT2D eigenvalue weighted by Crippen LogP contribution is 2.25. The van der Waals surface area contributed by atoms with Crippen molar-refractivity contribution in [2.24, 2.45) is 0 Å². The number of hydrogen-bond donors (Lipinski definition) is 2. The Morgan fingerprint density at radius 3 is 2.40 bits per heavy atom. The lowest BCUT2D eigenvalue weighted by Crippen LogP contribution is -2.09. The summed E-state index contributed by atoms with van der Waals surface area (Å²) in [6.07, 6.45) is 0. The van der Waals surface area contributed by atoms with E-state index in [-0.39, 0.29) is 11.1 Å². The van der Waals surface area contributed by atoms with Crippen LogP contribution in [0.2, 0.25) is 0 Å². The summed E-state index contributed by atoms with van der Waals surface area (Å²) in [5, 5.41) is 17.8. The summed E-state index contributed by atoms with van der Waals surface area (Å²) in [7, 11) is 0. The molecule has 0 aliphatic carbocycles. The second-order valence-corrected chi connectivity index (χ2v) is 4.03. The van der Waals surface area contributed by atoms with Gasteiger partial charge >= 0.3 is 11.9 Å². The highest BCUT2D eigenvalue weighted by atomic mass is 32.2. The van der Waals surface area contributed by atoms with E-state index in [2.05, 4.69) is 0 Å². The molecule has 0 radical (unpaired) electrons. The Balaban J connectivity index is 3.34. The van der Waals surface area contributed by atoms with Crippen molar-refractivity contribution in [2.45, 2.75) is 11.8 Å². The van der Waals surface area contributed by atoms with E-state index < -0.39 is 11.9 Å². The zero-order valence-electron chi connectivity index (χ0n) is 8.06. The van der Waals surface area contributed by atoms with E-state index in [1.54, 1.807) is 12.1 Å². The smallest absolute Gasteiger partial charge is 0.337 e. The second-order valence-electron chi connectivity index (χ2n) is 2.72. The van der Waals surface area contributed by atoms with Gasteiger partial charge in [-0.25, -0.2) is 9.59 Å². The Hall–Kier alpha value is -1.49. The average Bonchev–Trinajstić information content (AvgIpc) is 2.17. The largest absolute Gasteiger partial charge is 0.478 e. The molecular weight excluding hydrogens is 216 g/mol. The number of carboxylic acids is 2. The third-order valence-corrected chi connectivity index (χ3v) is 2.71. The van der Waals surface area contributed by atoms with Crippen molar-refractivity contribution in [3.05, 3.63) is 29.3 Å². The van der Waals surface area contributed by atoms with Gasteiger partial charge in [-0.2, -0.15) is 0 Å². The zero-order chi connectivity index (χ0) is 11.4. The molecule has 1 aromatic rings. The molecule has 0 aliphatic rings. The number of benzene rings is 1. The molecule has 1 aromatic carbocycles. The van der Waals surface area contributed by atoms with Crippen LogP contribution in [0.1, 0.15) is 27.6 Å². The molecule has 4 nitrogen and oxygen atoms in total. The van der Waals surface area contributed by atoms with Gasteiger partial charge in [-0.15, -0.1) is 11.8 Å². The van der Waals surface area contributed by atoms with Crippen LogP contribution in [0.3, 0.4) is 0 Å². The van der Waals surface area contributed by atoms with Crippen LogP contribution < -0.4 is 0 Å². The van der Waals surface area contributed by atoms with Gasteiger partial charge in [0.2, 0.25) is 0 Å². The minimum Gasteiger partial charge on any atom is -0.478 e. The molecule has 0 unspecified atom stereocenters. The number of carboxylic acid groups (broad SMARTS) is 2. The van der Waals surface area contributed by atoms with E-state index >= 15 is 0 Å². The summed E-state index contributed by atoms with van der Waals surface area (Å²) in [5.74, 6) is -1.72. The van der Waals surface area contributed by atoms with Crippen molar-refractivity contribution in [2.75, 3.05) is 5.75 Å². The van der Waals surface area contributed by atoms with Crippen LogP contribution in [0.5, 0.6) is 0 Å². The first kappa shape index (κ1) is 11.6. The maximum atomic E-state index is 10.9. The molecular formula is C10H10O4S. The maximum Gasteiger partial charge on any atom is 0.337 e. The summed E-state index contributed by atoms with van der Waals surface area (Å²) < 4.78 is 0. The molecule has 0 aliphatic heterocycles. The first-order chi connectivity index (χ1) is 7.07. The maximum absolute atomic E-state index is 10.9. The molecule has 15 heavy (non-hydrogen) atoms. The van der Waals surface area contributed by atoms with Crippen LogP contribution in [0.15, 0.2) is 23.1 Å².